The van der Waals surface area contributed by atoms with E-state index in [-0.39, 0.29) is 33.0 Å². The molecule has 214 valence electrons. The summed E-state index contributed by atoms with van der Waals surface area (Å²) in [5.41, 5.74) is -0.773. The fourth-order valence-electron chi connectivity index (χ4n) is 5.63. The van der Waals surface area contributed by atoms with Gasteiger partial charge in [0.05, 0.1) is 35.5 Å². The highest BCUT2D eigenvalue weighted by atomic mass is 35.5. The van der Waals surface area contributed by atoms with E-state index in [2.05, 4.69) is 16.7 Å². The molecule has 4 atom stereocenters. The number of carboxylic acid groups (broad SMARTS) is 1. The zero-order chi connectivity index (χ0) is 30.1. The van der Waals surface area contributed by atoms with E-state index >= 15 is 4.39 Å². The molecule has 1 aliphatic rings. The van der Waals surface area contributed by atoms with Crippen molar-refractivity contribution in [3.05, 3.63) is 93.2 Å². The number of anilines is 1. The Hall–Kier alpha value is -3.64. The molecule has 0 unspecified atom stereocenters. The summed E-state index contributed by atoms with van der Waals surface area (Å²) >= 11 is 12.4. The Labute approximate surface area is 248 Å². The third kappa shape index (κ3) is 5.89. The molecule has 0 bridgehead atoms. The Morgan fingerprint density at radius 2 is 1.83 bits per heavy atom. The Morgan fingerprint density at radius 1 is 1.15 bits per heavy atom. The molecule has 0 radical (unpaired) electrons. The lowest BCUT2D eigenvalue weighted by molar-refractivity contribution is -0.118. The molecule has 1 fully saturated rings. The second-order valence-electron chi connectivity index (χ2n) is 11.3. The van der Waals surface area contributed by atoms with Crippen LogP contribution in [0.1, 0.15) is 54.6 Å². The molecule has 0 aromatic heterocycles. The number of rotatable bonds is 7. The van der Waals surface area contributed by atoms with E-state index in [4.69, 9.17) is 27.9 Å². The highest BCUT2D eigenvalue weighted by Gasteiger charge is 2.60. The molecular weight excluding hydrogens is 568 g/mol. The Balaban J connectivity index is 1.91. The topological polar surface area (TPSA) is 111 Å². The first-order valence-electron chi connectivity index (χ1n) is 12.9. The molecular formula is C31H30Cl2FN3O4. The molecule has 0 saturated carbocycles. The van der Waals surface area contributed by atoms with Crippen molar-refractivity contribution >= 4 is 40.8 Å². The van der Waals surface area contributed by atoms with Gasteiger partial charge in [-0.25, -0.2) is 9.18 Å². The number of benzene rings is 3. The maximum atomic E-state index is 15.8. The van der Waals surface area contributed by atoms with Crippen molar-refractivity contribution < 1.29 is 23.8 Å². The molecule has 3 aromatic rings. The van der Waals surface area contributed by atoms with Crippen LogP contribution in [0.15, 0.2) is 60.7 Å². The number of carbonyl (C=O) groups is 2. The number of amides is 1. The van der Waals surface area contributed by atoms with Crippen LogP contribution in [0, 0.1) is 22.6 Å². The van der Waals surface area contributed by atoms with E-state index in [1.165, 1.54) is 37.4 Å². The van der Waals surface area contributed by atoms with Crippen LogP contribution in [0.2, 0.25) is 10.0 Å². The number of halogens is 3. The lowest BCUT2D eigenvalue weighted by Gasteiger charge is -2.37. The number of carboxylic acids is 1. The van der Waals surface area contributed by atoms with Crippen LogP contribution < -0.4 is 15.4 Å². The molecule has 4 rings (SSSR count). The molecule has 0 aliphatic carbocycles. The summed E-state index contributed by atoms with van der Waals surface area (Å²) in [6, 6.07) is 16.2. The maximum Gasteiger partial charge on any atom is 0.335 e. The van der Waals surface area contributed by atoms with Gasteiger partial charge in [-0.1, -0.05) is 68.2 Å². The molecule has 3 aromatic carbocycles. The number of ether oxygens (including phenoxy) is 1. The second kappa shape index (κ2) is 11.7. The van der Waals surface area contributed by atoms with Crippen LogP contribution in [0.5, 0.6) is 5.75 Å². The zero-order valence-corrected chi connectivity index (χ0v) is 24.5. The van der Waals surface area contributed by atoms with Crippen LogP contribution in [-0.2, 0) is 10.2 Å². The van der Waals surface area contributed by atoms with Crippen LogP contribution in [-0.4, -0.2) is 36.2 Å². The van der Waals surface area contributed by atoms with Gasteiger partial charge in [-0.2, -0.15) is 5.26 Å². The predicted octanol–water partition coefficient (Wildman–Crippen LogP) is 6.80. The van der Waals surface area contributed by atoms with Crippen molar-refractivity contribution in [1.82, 2.24) is 5.32 Å². The van der Waals surface area contributed by atoms with E-state index in [0.717, 1.165) is 0 Å². The smallest absolute Gasteiger partial charge is 0.335 e. The van der Waals surface area contributed by atoms with Gasteiger partial charge >= 0.3 is 5.97 Å². The number of aromatic carboxylic acids is 1. The molecule has 0 spiro atoms. The van der Waals surface area contributed by atoms with Crippen molar-refractivity contribution in [2.75, 3.05) is 12.4 Å². The zero-order valence-electron chi connectivity index (χ0n) is 23.0. The Bertz CT molecular complexity index is 1520. The van der Waals surface area contributed by atoms with Gasteiger partial charge in [0.15, 0.2) is 0 Å². The quantitative estimate of drug-likeness (QED) is 0.276. The summed E-state index contributed by atoms with van der Waals surface area (Å²) in [5, 5.41) is 26.8. The summed E-state index contributed by atoms with van der Waals surface area (Å²) in [5.74, 6) is -3.30. The SMILES string of the molecule is COc1cc(C(=O)O)ccc1NC(=O)[C@@H]1N[C@@H](CC(C)(C)C)[C@](C#N)(c2ccc(Cl)cc2)[C@H]1c1cccc(Cl)c1F. The van der Waals surface area contributed by atoms with E-state index in [1.54, 1.807) is 30.3 Å². The first-order chi connectivity index (χ1) is 19.3. The summed E-state index contributed by atoms with van der Waals surface area (Å²) in [4.78, 5) is 25.5. The van der Waals surface area contributed by atoms with Crippen molar-refractivity contribution in [2.24, 2.45) is 5.41 Å². The van der Waals surface area contributed by atoms with Gasteiger partial charge in [-0.05, 0) is 59.4 Å². The number of nitrogens with zero attached hydrogens (tertiary/aromatic N) is 1. The monoisotopic (exact) mass is 597 g/mol. The standard InChI is InChI=1S/C31H30Cl2FN3O4/c1-30(2,3)15-24-31(16-35,18-9-11-19(32)12-10-18)25(20-6-5-7-21(33)26(20)34)27(37-24)28(38)36-22-13-8-17(29(39)40)14-23(22)41-4/h5-14,24-25,27,37H,15H2,1-4H3,(H,36,38)(H,39,40)/t24-,25-,27+,31-/m0/s1. The number of hydrogen-bond acceptors (Lipinski definition) is 5. The van der Waals surface area contributed by atoms with Gasteiger partial charge in [0.25, 0.3) is 0 Å². The number of nitriles is 1. The molecule has 1 saturated heterocycles. The van der Waals surface area contributed by atoms with Gasteiger partial charge in [0, 0.05) is 17.0 Å². The maximum absolute atomic E-state index is 15.8. The predicted molar refractivity (Wildman–Crippen MR) is 156 cm³/mol. The normalized spacial score (nSPS) is 22.1. The molecule has 1 aliphatic heterocycles. The first-order valence-corrected chi connectivity index (χ1v) is 13.7. The van der Waals surface area contributed by atoms with Gasteiger partial charge in [-0.3, -0.25) is 4.79 Å². The largest absolute Gasteiger partial charge is 0.495 e. The molecule has 41 heavy (non-hydrogen) atoms. The van der Waals surface area contributed by atoms with Crippen LogP contribution in [0.3, 0.4) is 0 Å². The number of nitrogens with one attached hydrogen (secondary N) is 2. The van der Waals surface area contributed by atoms with Gasteiger partial charge in [0.2, 0.25) is 5.91 Å². The number of methoxy groups -OCH3 is 1. The van der Waals surface area contributed by atoms with Gasteiger partial charge < -0.3 is 20.5 Å². The average Bonchev–Trinajstić information content (AvgIpc) is 3.23. The lowest BCUT2D eigenvalue weighted by atomic mass is 9.63. The fourth-order valence-corrected chi connectivity index (χ4v) is 5.93. The summed E-state index contributed by atoms with van der Waals surface area (Å²) in [6.45, 7) is 6.07. The summed E-state index contributed by atoms with van der Waals surface area (Å²) < 4.78 is 21.1. The Kier molecular flexibility index (Phi) is 8.65. The third-order valence-electron chi connectivity index (χ3n) is 7.38. The molecule has 1 amide bonds. The minimum absolute atomic E-state index is 0.0193. The van der Waals surface area contributed by atoms with E-state index in [0.29, 0.717) is 17.0 Å². The van der Waals surface area contributed by atoms with E-state index in [1.807, 2.05) is 20.8 Å². The number of carbonyl (C=O) groups excluding carboxylic acids is 1. The van der Waals surface area contributed by atoms with E-state index in [9.17, 15) is 20.0 Å². The molecule has 10 heteroatoms. The highest BCUT2D eigenvalue weighted by molar-refractivity contribution is 6.31. The molecule has 7 nitrogen and oxygen atoms in total. The molecule has 1 heterocycles. The summed E-state index contributed by atoms with van der Waals surface area (Å²) in [6.07, 6.45) is 0.474. The van der Waals surface area contributed by atoms with Crippen molar-refractivity contribution in [1.29, 1.82) is 5.26 Å². The fraction of sp³-hybridized carbons (Fsp3) is 0.323. The minimum atomic E-state index is -1.40. The Morgan fingerprint density at radius 3 is 2.41 bits per heavy atom. The average molecular weight is 599 g/mol. The number of hydrogen-bond donors (Lipinski definition) is 3. The highest BCUT2D eigenvalue weighted by Crippen LogP contribution is 2.52. The van der Waals surface area contributed by atoms with Crippen LogP contribution in [0.4, 0.5) is 10.1 Å². The third-order valence-corrected chi connectivity index (χ3v) is 7.93. The van der Waals surface area contributed by atoms with Gasteiger partial charge in [-0.15, -0.1) is 0 Å². The van der Waals surface area contributed by atoms with Crippen LogP contribution in [0.25, 0.3) is 0 Å². The first kappa shape index (κ1) is 30.3. The van der Waals surface area contributed by atoms with Crippen molar-refractivity contribution in [3.8, 4) is 11.8 Å². The van der Waals surface area contributed by atoms with Crippen molar-refractivity contribution in [2.45, 2.75) is 50.6 Å². The molecule has 3 N–H and O–H groups in total. The van der Waals surface area contributed by atoms with Crippen molar-refractivity contribution in [3.63, 3.8) is 0 Å². The minimum Gasteiger partial charge on any atom is -0.495 e. The summed E-state index contributed by atoms with van der Waals surface area (Å²) in [7, 11) is 1.36. The van der Waals surface area contributed by atoms with Gasteiger partial charge in [0.1, 0.15) is 17.0 Å². The van der Waals surface area contributed by atoms with Crippen LogP contribution >= 0.6 is 23.2 Å². The van der Waals surface area contributed by atoms with E-state index < -0.39 is 41.1 Å². The lowest BCUT2D eigenvalue weighted by Crippen LogP contribution is -2.44. The second-order valence-corrected chi connectivity index (χ2v) is 12.1.